The van der Waals surface area contributed by atoms with Crippen LogP contribution in [0.2, 0.25) is 5.02 Å². The molecular weight excluding hydrogens is 428 g/mol. The van der Waals surface area contributed by atoms with Gasteiger partial charge in [-0.1, -0.05) is 23.7 Å². The van der Waals surface area contributed by atoms with Crippen LogP contribution in [0.25, 0.3) is 0 Å². The minimum absolute atomic E-state index is 0.0128. The maximum absolute atomic E-state index is 6.10. The van der Waals surface area contributed by atoms with Crippen molar-refractivity contribution in [1.82, 2.24) is 10.3 Å². The van der Waals surface area contributed by atoms with E-state index < -0.39 is 0 Å². The summed E-state index contributed by atoms with van der Waals surface area (Å²) < 4.78 is 5.63. The lowest BCUT2D eigenvalue weighted by atomic mass is 9.74. The lowest BCUT2D eigenvalue weighted by molar-refractivity contribution is 0.0515. The molecule has 4 rings (SSSR count). The molecule has 2 aliphatic heterocycles. The molecular formula is C24H31ClN4OS. The molecule has 0 saturated carbocycles. The van der Waals surface area contributed by atoms with Gasteiger partial charge in [0.05, 0.1) is 11.9 Å². The average Bonchev–Trinajstić information content (AvgIpc) is 2.80. The second kappa shape index (κ2) is 10.2. The number of halogens is 1. The van der Waals surface area contributed by atoms with Gasteiger partial charge in [0.25, 0.3) is 0 Å². The third kappa shape index (κ3) is 5.48. The zero-order chi connectivity index (χ0) is 21.7. The summed E-state index contributed by atoms with van der Waals surface area (Å²) in [5.74, 6) is 1.04. The highest BCUT2D eigenvalue weighted by molar-refractivity contribution is 7.80. The molecule has 7 heteroatoms. The first-order valence-electron chi connectivity index (χ1n) is 11.2. The number of rotatable bonds is 5. The molecule has 1 unspecified atom stereocenters. The first kappa shape index (κ1) is 22.3. The molecule has 1 aromatic heterocycles. The molecule has 0 bridgehead atoms. The molecule has 1 aromatic carbocycles. The van der Waals surface area contributed by atoms with E-state index in [1.165, 1.54) is 24.8 Å². The Bertz CT molecular complexity index is 868. The molecule has 0 radical (unpaired) electrons. The number of nitrogens with zero attached hydrogens (tertiary/aromatic N) is 2. The van der Waals surface area contributed by atoms with Crippen molar-refractivity contribution in [3.05, 3.63) is 53.2 Å². The van der Waals surface area contributed by atoms with E-state index in [4.69, 9.17) is 28.6 Å². The van der Waals surface area contributed by atoms with Crippen molar-refractivity contribution >= 4 is 40.4 Å². The van der Waals surface area contributed by atoms with Gasteiger partial charge >= 0.3 is 0 Å². The van der Waals surface area contributed by atoms with Crippen molar-refractivity contribution in [2.75, 3.05) is 36.5 Å². The van der Waals surface area contributed by atoms with Gasteiger partial charge in [0.2, 0.25) is 0 Å². The van der Waals surface area contributed by atoms with Crippen molar-refractivity contribution in [3.8, 4) is 0 Å². The molecule has 1 atom stereocenters. The fourth-order valence-corrected chi connectivity index (χ4v) is 4.94. The van der Waals surface area contributed by atoms with E-state index in [-0.39, 0.29) is 5.41 Å². The minimum Gasteiger partial charge on any atom is -0.381 e. The largest absolute Gasteiger partial charge is 0.381 e. The first-order chi connectivity index (χ1) is 15.1. The summed E-state index contributed by atoms with van der Waals surface area (Å²) in [4.78, 5) is 7.07. The molecule has 2 fully saturated rings. The summed E-state index contributed by atoms with van der Waals surface area (Å²) in [5.41, 5.74) is 2.16. The summed E-state index contributed by atoms with van der Waals surface area (Å²) in [6, 6.07) is 12.8. The smallest absolute Gasteiger partial charge is 0.170 e. The van der Waals surface area contributed by atoms with Crippen LogP contribution in [-0.4, -0.2) is 42.4 Å². The Kier molecular flexibility index (Phi) is 7.31. The van der Waals surface area contributed by atoms with Gasteiger partial charge in [-0.15, -0.1) is 0 Å². The van der Waals surface area contributed by atoms with E-state index in [0.29, 0.717) is 11.2 Å². The number of nitrogens with one attached hydrogen (secondary N) is 2. The number of pyridine rings is 1. The van der Waals surface area contributed by atoms with E-state index in [2.05, 4.69) is 51.7 Å². The summed E-state index contributed by atoms with van der Waals surface area (Å²) in [5, 5.41) is 8.09. The van der Waals surface area contributed by atoms with E-state index in [9.17, 15) is 0 Å². The zero-order valence-electron chi connectivity index (χ0n) is 18.1. The van der Waals surface area contributed by atoms with E-state index in [1.807, 2.05) is 18.3 Å². The Morgan fingerprint density at radius 1 is 1.19 bits per heavy atom. The number of piperidine rings is 1. The molecule has 2 saturated heterocycles. The summed E-state index contributed by atoms with van der Waals surface area (Å²) in [7, 11) is 0. The van der Waals surface area contributed by atoms with Crippen molar-refractivity contribution in [2.24, 2.45) is 0 Å². The summed E-state index contributed by atoms with van der Waals surface area (Å²) in [6.07, 6.45) is 7.55. The van der Waals surface area contributed by atoms with Crippen molar-refractivity contribution in [1.29, 1.82) is 0 Å². The van der Waals surface area contributed by atoms with Gasteiger partial charge in [-0.05, 0) is 81.1 Å². The molecule has 3 heterocycles. The first-order valence-corrected chi connectivity index (χ1v) is 12.0. The van der Waals surface area contributed by atoms with Gasteiger partial charge in [0, 0.05) is 42.8 Å². The SMILES string of the molecule is CC1CCCCN1c1ccc(NC(=S)NCC2(c3ccc(Cl)cc3)CCOCC2)cn1. The quantitative estimate of drug-likeness (QED) is 0.604. The highest BCUT2D eigenvalue weighted by atomic mass is 35.5. The van der Waals surface area contributed by atoms with Gasteiger partial charge in [-0.2, -0.15) is 0 Å². The molecule has 166 valence electrons. The maximum Gasteiger partial charge on any atom is 0.170 e. The van der Waals surface area contributed by atoms with Crippen molar-refractivity contribution < 1.29 is 4.74 Å². The normalized spacial score (nSPS) is 20.8. The third-order valence-electron chi connectivity index (χ3n) is 6.60. The predicted octanol–water partition coefficient (Wildman–Crippen LogP) is 5.15. The standard InChI is InChI=1S/C24H31ClN4OS/c1-18-4-2-3-13-29(18)22-10-9-21(16-26-22)28-23(31)27-17-24(11-14-30-15-12-24)19-5-7-20(25)8-6-19/h5-10,16,18H,2-4,11-15,17H2,1H3,(H2,27,28,31). The average molecular weight is 459 g/mol. The summed E-state index contributed by atoms with van der Waals surface area (Å²) in [6.45, 7) is 5.62. The minimum atomic E-state index is -0.0128. The monoisotopic (exact) mass is 458 g/mol. The molecule has 31 heavy (non-hydrogen) atoms. The number of thiocarbonyl (C=S) groups is 1. The lowest BCUT2D eigenvalue weighted by Gasteiger charge is -2.38. The Balaban J connectivity index is 1.37. The fraction of sp³-hybridized carbons (Fsp3) is 0.500. The number of hydrogen-bond acceptors (Lipinski definition) is 4. The van der Waals surface area contributed by atoms with Crippen LogP contribution >= 0.6 is 23.8 Å². The van der Waals surface area contributed by atoms with Crippen LogP contribution in [0.1, 0.15) is 44.6 Å². The Morgan fingerprint density at radius 2 is 1.97 bits per heavy atom. The van der Waals surface area contributed by atoms with Gasteiger partial charge in [-0.3, -0.25) is 0 Å². The van der Waals surface area contributed by atoms with Gasteiger partial charge in [-0.25, -0.2) is 4.98 Å². The molecule has 0 aliphatic carbocycles. The third-order valence-corrected chi connectivity index (χ3v) is 7.10. The topological polar surface area (TPSA) is 49.4 Å². The van der Waals surface area contributed by atoms with E-state index in [0.717, 1.165) is 55.7 Å². The molecule has 2 aromatic rings. The van der Waals surface area contributed by atoms with Crippen LogP contribution in [0.4, 0.5) is 11.5 Å². The molecule has 0 spiro atoms. The van der Waals surface area contributed by atoms with Crippen molar-refractivity contribution in [3.63, 3.8) is 0 Å². The molecule has 2 aliphatic rings. The van der Waals surface area contributed by atoms with Gasteiger partial charge in [0.1, 0.15) is 5.82 Å². The number of benzene rings is 1. The highest BCUT2D eigenvalue weighted by Gasteiger charge is 2.34. The van der Waals surface area contributed by atoms with E-state index in [1.54, 1.807) is 0 Å². The van der Waals surface area contributed by atoms with Crippen LogP contribution in [0, 0.1) is 0 Å². The fourth-order valence-electron chi connectivity index (χ4n) is 4.63. The van der Waals surface area contributed by atoms with Crippen LogP contribution in [0.15, 0.2) is 42.6 Å². The second-order valence-electron chi connectivity index (χ2n) is 8.65. The van der Waals surface area contributed by atoms with Gasteiger partial charge in [0.15, 0.2) is 5.11 Å². The zero-order valence-corrected chi connectivity index (χ0v) is 19.6. The molecule has 0 amide bonds. The highest BCUT2D eigenvalue weighted by Crippen LogP contribution is 2.35. The Hall–Kier alpha value is -1.89. The number of anilines is 2. The molecule has 2 N–H and O–H groups in total. The number of hydrogen-bond donors (Lipinski definition) is 2. The van der Waals surface area contributed by atoms with Crippen LogP contribution in [0.3, 0.4) is 0 Å². The lowest BCUT2D eigenvalue weighted by Crippen LogP contribution is -2.45. The van der Waals surface area contributed by atoms with Gasteiger partial charge < -0.3 is 20.3 Å². The Morgan fingerprint density at radius 3 is 2.65 bits per heavy atom. The number of aromatic nitrogens is 1. The van der Waals surface area contributed by atoms with Crippen molar-refractivity contribution in [2.45, 2.75) is 50.5 Å². The van der Waals surface area contributed by atoms with Crippen LogP contribution in [-0.2, 0) is 10.2 Å². The van der Waals surface area contributed by atoms with Crippen LogP contribution in [0.5, 0.6) is 0 Å². The van der Waals surface area contributed by atoms with Crippen LogP contribution < -0.4 is 15.5 Å². The predicted molar refractivity (Wildman–Crippen MR) is 132 cm³/mol. The Labute approximate surface area is 195 Å². The molecule has 5 nitrogen and oxygen atoms in total. The second-order valence-corrected chi connectivity index (χ2v) is 9.50. The number of ether oxygens (including phenoxy) is 1. The van der Waals surface area contributed by atoms with E-state index >= 15 is 0 Å². The summed E-state index contributed by atoms with van der Waals surface area (Å²) >= 11 is 11.7. The maximum atomic E-state index is 6.10.